The van der Waals surface area contributed by atoms with Gasteiger partial charge in [-0.05, 0) is 63.9 Å². The highest BCUT2D eigenvalue weighted by Crippen LogP contribution is 2.40. The monoisotopic (exact) mass is 357 g/mol. The van der Waals surface area contributed by atoms with Crippen LogP contribution in [-0.4, -0.2) is 20.4 Å². The Balaban J connectivity index is 2.44. The normalized spacial score (nSPS) is 16.0. The molecule has 2 aromatic rings. The zero-order valence-electron chi connectivity index (χ0n) is 14.4. The second kappa shape index (κ2) is 7.65. The van der Waals surface area contributed by atoms with Crippen LogP contribution < -0.4 is 11.2 Å². The highest BCUT2D eigenvalue weighted by atomic mass is 16.3. The molecule has 26 heavy (non-hydrogen) atoms. The van der Waals surface area contributed by atoms with Crippen LogP contribution in [0.3, 0.4) is 0 Å². The number of hydrogen-bond acceptors (Lipinski definition) is 6. The lowest BCUT2D eigenvalue weighted by atomic mass is 9.87. The number of nitrogens with two attached hydrogens (primary N) is 1. The number of aliphatic hydroxyl groups is 4. The highest BCUT2D eigenvalue weighted by molar-refractivity contribution is 5.77. The average Bonchev–Trinajstić information content (AvgIpc) is 2.90. The minimum atomic E-state index is -0.377. The molecule has 0 fully saturated rings. The first-order chi connectivity index (χ1) is 12.5. The third-order valence-corrected chi connectivity index (χ3v) is 5.13. The van der Waals surface area contributed by atoms with Gasteiger partial charge >= 0.3 is 0 Å². The fourth-order valence-electron chi connectivity index (χ4n) is 3.78. The van der Waals surface area contributed by atoms with E-state index in [-0.39, 0.29) is 43.5 Å². The van der Waals surface area contributed by atoms with E-state index in [0.717, 1.165) is 16.7 Å². The van der Waals surface area contributed by atoms with E-state index in [0.29, 0.717) is 35.1 Å². The summed E-state index contributed by atoms with van der Waals surface area (Å²) in [6.07, 6.45) is 1.26. The van der Waals surface area contributed by atoms with Gasteiger partial charge in [-0.1, -0.05) is 12.1 Å². The van der Waals surface area contributed by atoms with Crippen molar-refractivity contribution in [3.8, 4) is 11.1 Å². The van der Waals surface area contributed by atoms with Crippen molar-refractivity contribution >= 4 is 0 Å². The van der Waals surface area contributed by atoms with Crippen molar-refractivity contribution in [3.63, 3.8) is 0 Å². The molecule has 6 N–H and O–H groups in total. The maximum atomic E-state index is 12.2. The van der Waals surface area contributed by atoms with Crippen LogP contribution >= 0.6 is 0 Å². The SMILES string of the molecule is NC1CCc2cc(CO)c(CO)c(CO)c2-c2ccc(=O)c(CO)cc21. The Kier molecular flexibility index (Phi) is 5.50. The summed E-state index contributed by atoms with van der Waals surface area (Å²) in [5.74, 6) is 0. The van der Waals surface area contributed by atoms with E-state index in [1.807, 2.05) is 6.07 Å². The molecule has 0 spiro atoms. The van der Waals surface area contributed by atoms with Crippen LogP contribution in [0.4, 0.5) is 0 Å². The minimum Gasteiger partial charge on any atom is -0.392 e. The van der Waals surface area contributed by atoms with Crippen LogP contribution in [0.15, 0.2) is 29.1 Å². The molecule has 0 bridgehead atoms. The van der Waals surface area contributed by atoms with Crippen molar-refractivity contribution in [2.24, 2.45) is 5.73 Å². The molecule has 2 aromatic carbocycles. The molecule has 0 amide bonds. The second-order valence-corrected chi connectivity index (χ2v) is 6.54. The van der Waals surface area contributed by atoms with E-state index >= 15 is 0 Å². The van der Waals surface area contributed by atoms with Gasteiger partial charge in [0.2, 0.25) is 0 Å². The molecule has 1 unspecified atom stereocenters. The number of hydrogen-bond donors (Lipinski definition) is 5. The van der Waals surface area contributed by atoms with Gasteiger partial charge in [0, 0.05) is 11.6 Å². The quantitative estimate of drug-likeness (QED) is 0.547. The largest absolute Gasteiger partial charge is 0.392 e. The lowest BCUT2D eigenvalue weighted by Gasteiger charge is -2.19. The molecule has 0 saturated heterocycles. The molecule has 1 aliphatic carbocycles. The Morgan fingerprint density at radius 2 is 1.62 bits per heavy atom. The van der Waals surface area contributed by atoms with E-state index in [1.54, 1.807) is 12.1 Å². The van der Waals surface area contributed by atoms with Gasteiger partial charge in [-0.25, -0.2) is 0 Å². The number of fused-ring (bicyclic) bond motifs is 3. The van der Waals surface area contributed by atoms with E-state index in [1.165, 1.54) is 6.07 Å². The van der Waals surface area contributed by atoms with Gasteiger partial charge in [-0.15, -0.1) is 0 Å². The summed E-state index contributed by atoms with van der Waals surface area (Å²) in [5.41, 5.74) is 11.0. The van der Waals surface area contributed by atoms with E-state index in [2.05, 4.69) is 0 Å². The zero-order chi connectivity index (χ0) is 18.8. The van der Waals surface area contributed by atoms with Gasteiger partial charge < -0.3 is 26.2 Å². The number of aryl methyl sites for hydroxylation is 1. The summed E-state index contributed by atoms with van der Waals surface area (Å²) in [4.78, 5) is 12.2. The summed E-state index contributed by atoms with van der Waals surface area (Å²) in [6, 6.07) is 6.19. The van der Waals surface area contributed by atoms with Gasteiger partial charge in [0.25, 0.3) is 0 Å². The van der Waals surface area contributed by atoms with Crippen molar-refractivity contribution in [2.75, 3.05) is 0 Å². The van der Waals surface area contributed by atoms with E-state index in [4.69, 9.17) is 5.73 Å². The minimum absolute atomic E-state index is 0.239. The van der Waals surface area contributed by atoms with E-state index in [9.17, 15) is 25.2 Å². The van der Waals surface area contributed by atoms with Gasteiger partial charge in [-0.2, -0.15) is 0 Å². The fraction of sp³-hybridized carbons (Fsp3) is 0.350. The molecule has 0 aromatic heterocycles. The van der Waals surface area contributed by atoms with Crippen molar-refractivity contribution in [1.29, 1.82) is 0 Å². The molecule has 6 nitrogen and oxygen atoms in total. The van der Waals surface area contributed by atoms with Crippen LogP contribution in [-0.2, 0) is 32.8 Å². The van der Waals surface area contributed by atoms with E-state index < -0.39 is 0 Å². The van der Waals surface area contributed by atoms with Crippen molar-refractivity contribution in [3.05, 3.63) is 67.9 Å². The van der Waals surface area contributed by atoms with Crippen LogP contribution in [0.2, 0.25) is 0 Å². The van der Waals surface area contributed by atoms with Gasteiger partial charge in [0.05, 0.1) is 26.4 Å². The van der Waals surface area contributed by atoms with Crippen molar-refractivity contribution in [1.82, 2.24) is 0 Å². The molecule has 1 atom stereocenters. The molecular weight excluding hydrogens is 334 g/mol. The number of aliphatic hydroxyl groups excluding tert-OH is 4. The van der Waals surface area contributed by atoms with Gasteiger partial charge in [0.1, 0.15) is 0 Å². The van der Waals surface area contributed by atoms with Crippen LogP contribution in [0.1, 0.15) is 45.8 Å². The highest BCUT2D eigenvalue weighted by Gasteiger charge is 2.25. The molecule has 6 heteroatoms. The second-order valence-electron chi connectivity index (χ2n) is 6.54. The predicted molar refractivity (Wildman–Crippen MR) is 97.1 cm³/mol. The summed E-state index contributed by atoms with van der Waals surface area (Å²) in [5, 5.41) is 38.9. The van der Waals surface area contributed by atoms with Crippen LogP contribution in [0, 0.1) is 0 Å². The average molecular weight is 357 g/mol. The first-order valence-electron chi connectivity index (χ1n) is 8.58. The zero-order valence-corrected chi connectivity index (χ0v) is 14.4. The Morgan fingerprint density at radius 3 is 2.23 bits per heavy atom. The van der Waals surface area contributed by atoms with Gasteiger partial charge in [0.15, 0.2) is 5.43 Å². The molecule has 0 radical (unpaired) electrons. The standard InChI is InChI=1S/C20H23NO5/c21-18-3-1-11-5-12(7-22)16(9-24)17(10-25)20(11)14-2-4-19(26)13(8-23)6-15(14)18/h2,4-6,18,22-25H,1,3,7-10,21H2. The lowest BCUT2D eigenvalue weighted by molar-refractivity contribution is 0.248. The third kappa shape index (κ3) is 3.06. The Morgan fingerprint density at radius 1 is 0.923 bits per heavy atom. The molecule has 3 rings (SSSR count). The molecular formula is C20H23NO5. The number of benzene rings is 1. The summed E-state index contributed by atoms with van der Waals surface area (Å²) < 4.78 is 0. The molecule has 0 aliphatic heterocycles. The Labute approximate surface area is 151 Å². The molecule has 1 aliphatic rings. The smallest absolute Gasteiger partial charge is 0.184 e. The third-order valence-electron chi connectivity index (χ3n) is 5.13. The topological polar surface area (TPSA) is 124 Å². The van der Waals surface area contributed by atoms with Crippen LogP contribution in [0.5, 0.6) is 0 Å². The van der Waals surface area contributed by atoms with Crippen molar-refractivity contribution < 1.29 is 20.4 Å². The van der Waals surface area contributed by atoms with Gasteiger partial charge in [-0.3, -0.25) is 4.79 Å². The maximum Gasteiger partial charge on any atom is 0.184 e. The molecule has 0 saturated carbocycles. The van der Waals surface area contributed by atoms with Crippen LogP contribution in [0.25, 0.3) is 11.1 Å². The predicted octanol–water partition coefficient (Wildman–Crippen LogP) is 0.629. The Hall–Kier alpha value is -2.09. The lowest BCUT2D eigenvalue weighted by Crippen LogP contribution is -2.11. The maximum absolute atomic E-state index is 12.2. The van der Waals surface area contributed by atoms with Crippen molar-refractivity contribution in [2.45, 2.75) is 45.3 Å². The first-order valence-corrected chi connectivity index (χ1v) is 8.58. The molecule has 138 valence electrons. The Bertz CT molecular complexity index is 894. The number of rotatable bonds is 4. The summed E-state index contributed by atoms with van der Waals surface area (Å²) in [7, 11) is 0. The molecule has 0 heterocycles. The summed E-state index contributed by atoms with van der Waals surface area (Å²) >= 11 is 0. The fourth-order valence-corrected chi connectivity index (χ4v) is 3.78. The summed E-state index contributed by atoms with van der Waals surface area (Å²) in [6.45, 7) is -1.24. The first kappa shape index (κ1) is 18.7.